The maximum Gasteiger partial charge on any atom is 0.261 e. The van der Waals surface area contributed by atoms with Crippen LogP contribution in [-0.4, -0.2) is 13.6 Å². The van der Waals surface area contributed by atoms with Crippen LogP contribution in [0.4, 0.5) is 5.69 Å². The first-order chi connectivity index (χ1) is 9.92. The molecule has 3 N–H and O–H groups in total. The lowest BCUT2D eigenvalue weighted by atomic mass is 10.1. The standard InChI is InChI=1S/C14H15ClN2O3S/c1-10(16-18)11-2-8-14(9-3-11)21(19,20)17-13-6-4-12(15)5-7-13/h2-10,16-18H,1H3. The zero-order chi connectivity index (χ0) is 15.5. The van der Waals surface area contributed by atoms with Crippen molar-refractivity contribution in [3.63, 3.8) is 0 Å². The van der Waals surface area contributed by atoms with E-state index in [9.17, 15) is 8.42 Å². The van der Waals surface area contributed by atoms with E-state index in [1.54, 1.807) is 43.3 Å². The maximum atomic E-state index is 12.2. The molecule has 0 aliphatic rings. The molecule has 112 valence electrons. The van der Waals surface area contributed by atoms with Gasteiger partial charge in [0.05, 0.1) is 10.9 Å². The van der Waals surface area contributed by atoms with Gasteiger partial charge in [0, 0.05) is 10.7 Å². The number of sulfonamides is 1. The second-order valence-corrected chi connectivity index (χ2v) is 6.65. The molecule has 0 spiro atoms. The monoisotopic (exact) mass is 326 g/mol. The van der Waals surface area contributed by atoms with Gasteiger partial charge in [-0.05, 0) is 48.9 Å². The molecule has 1 atom stereocenters. The van der Waals surface area contributed by atoms with Crippen LogP contribution in [0.1, 0.15) is 18.5 Å². The highest BCUT2D eigenvalue weighted by Crippen LogP contribution is 2.20. The van der Waals surface area contributed by atoms with Crippen LogP contribution in [0.5, 0.6) is 0 Å². The first-order valence-electron chi connectivity index (χ1n) is 6.20. The van der Waals surface area contributed by atoms with Gasteiger partial charge in [0.15, 0.2) is 0 Å². The minimum atomic E-state index is -3.65. The maximum absolute atomic E-state index is 12.2. The summed E-state index contributed by atoms with van der Waals surface area (Å²) in [6.07, 6.45) is 0. The Labute approximate surface area is 128 Å². The van der Waals surface area contributed by atoms with Gasteiger partial charge in [-0.1, -0.05) is 23.7 Å². The summed E-state index contributed by atoms with van der Waals surface area (Å²) in [4.78, 5) is 0.145. The molecule has 0 bridgehead atoms. The Morgan fingerprint density at radius 2 is 1.62 bits per heavy atom. The number of hydrogen-bond donors (Lipinski definition) is 3. The molecule has 0 aromatic heterocycles. The summed E-state index contributed by atoms with van der Waals surface area (Å²) in [7, 11) is -3.65. The highest BCUT2D eigenvalue weighted by molar-refractivity contribution is 7.92. The fourth-order valence-electron chi connectivity index (χ4n) is 1.74. The van der Waals surface area contributed by atoms with Gasteiger partial charge in [0.2, 0.25) is 0 Å². The quantitative estimate of drug-likeness (QED) is 0.737. The van der Waals surface area contributed by atoms with Gasteiger partial charge in [-0.3, -0.25) is 4.72 Å². The van der Waals surface area contributed by atoms with Crippen LogP contribution in [0.2, 0.25) is 5.02 Å². The van der Waals surface area contributed by atoms with Crippen molar-refractivity contribution in [1.82, 2.24) is 5.48 Å². The molecule has 0 heterocycles. The molecular formula is C14H15ClN2O3S. The Morgan fingerprint density at radius 1 is 1.05 bits per heavy atom. The third-order valence-electron chi connectivity index (χ3n) is 2.98. The lowest BCUT2D eigenvalue weighted by Gasteiger charge is -2.11. The zero-order valence-electron chi connectivity index (χ0n) is 11.2. The van der Waals surface area contributed by atoms with Gasteiger partial charge in [-0.2, -0.15) is 5.48 Å². The summed E-state index contributed by atoms with van der Waals surface area (Å²) in [6.45, 7) is 1.76. The van der Waals surface area contributed by atoms with Crippen molar-refractivity contribution in [2.45, 2.75) is 17.9 Å². The molecule has 2 aromatic rings. The zero-order valence-corrected chi connectivity index (χ0v) is 12.8. The summed E-state index contributed by atoms with van der Waals surface area (Å²) in [5, 5.41) is 9.38. The first-order valence-corrected chi connectivity index (χ1v) is 8.06. The Balaban J connectivity index is 2.21. The van der Waals surface area contributed by atoms with Crippen molar-refractivity contribution >= 4 is 27.3 Å². The Bertz CT molecular complexity index is 700. The average Bonchev–Trinajstić information content (AvgIpc) is 2.49. The molecule has 0 radical (unpaired) electrons. The predicted octanol–water partition coefficient (Wildman–Crippen LogP) is 3.18. The third-order valence-corrected chi connectivity index (χ3v) is 4.63. The van der Waals surface area contributed by atoms with Crippen molar-refractivity contribution in [1.29, 1.82) is 0 Å². The number of rotatable bonds is 5. The lowest BCUT2D eigenvalue weighted by Crippen LogP contribution is -2.15. The summed E-state index contributed by atoms with van der Waals surface area (Å²) < 4.78 is 26.9. The smallest absolute Gasteiger partial charge is 0.261 e. The molecule has 0 saturated carbocycles. The van der Waals surface area contributed by atoms with Crippen LogP contribution < -0.4 is 10.2 Å². The molecule has 0 saturated heterocycles. The molecule has 5 nitrogen and oxygen atoms in total. The van der Waals surface area contributed by atoms with E-state index >= 15 is 0 Å². The topological polar surface area (TPSA) is 78.4 Å². The van der Waals surface area contributed by atoms with E-state index in [-0.39, 0.29) is 10.9 Å². The van der Waals surface area contributed by atoms with Gasteiger partial charge in [0.1, 0.15) is 0 Å². The minimum absolute atomic E-state index is 0.145. The molecule has 0 fully saturated rings. The summed E-state index contributed by atoms with van der Waals surface area (Å²) in [6, 6.07) is 12.4. The molecule has 0 amide bonds. The predicted molar refractivity (Wildman–Crippen MR) is 82.0 cm³/mol. The van der Waals surface area contributed by atoms with Crippen LogP contribution >= 0.6 is 11.6 Å². The van der Waals surface area contributed by atoms with Crippen LogP contribution in [0, 0.1) is 0 Å². The van der Waals surface area contributed by atoms with Crippen molar-refractivity contribution < 1.29 is 13.6 Å². The molecule has 21 heavy (non-hydrogen) atoms. The Morgan fingerprint density at radius 3 is 2.14 bits per heavy atom. The van der Waals surface area contributed by atoms with Gasteiger partial charge in [-0.15, -0.1) is 0 Å². The molecule has 2 aromatic carbocycles. The van der Waals surface area contributed by atoms with Crippen LogP contribution in [0.25, 0.3) is 0 Å². The highest BCUT2D eigenvalue weighted by atomic mass is 35.5. The number of benzene rings is 2. The van der Waals surface area contributed by atoms with Gasteiger partial charge in [-0.25, -0.2) is 8.42 Å². The summed E-state index contributed by atoms with van der Waals surface area (Å²) in [5.41, 5.74) is 3.33. The van der Waals surface area contributed by atoms with Crippen LogP contribution in [0.3, 0.4) is 0 Å². The second kappa shape index (κ2) is 6.44. The van der Waals surface area contributed by atoms with E-state index in [4.69, 9.17) is 16.8 Å². The fraction of sp³-hybridized carbons (Fsp3) is 0.143. The highest BCUT2D eigenvalue weighted by Gasteiger charge is 2.14. The summed E-state index contributed by atoms with van der Waals surface area (Å²) >= 11 is 5.76. The molecule has 2 rings (SSSR count). The van der Waals surface area contributed by atoms with Crippen molar-refractivity contribution in [2.24, 2.45) is 0 Å². The number of anilines is 1. The fourth-order valence-corrected chi connectivity index (χ4v) is 2.93. The van der Waals surface area contributed by atoms with Crippen LogP contribution in [0.15, 0.2) is 53.4 Å². The molecule has 0 aliphatic heterocycles. The van der Waals surface area contributed by atoms with Crippen LogP contribution in [-0.2, 0) is 10.0 Å². The van der Waals surface area contributed by atoms with E-state index in [0.29, 0.717) is 10.7 Å². The number of hydrogen-bond acceptors (Lipinski definition) is 4. The summed E-state index contributed by atoms with van der Waals surface area (Å²) in [5.74, 6) is 0. The molecule has 0 aliphatic carbocycles. The van der Waals surface area contributed by atoms with Crippen molar-refractivity contribution in [2.75, 3.05) is 4.72 Å². The number of hydroxylamine groups is 1. The Kier molecular flexibility index (Phi) is 4.84. The SMILES string of the molecule is CC(NO)c1ccc(S(=O)(=O)Nc2ccc(Cl)cc2)cc1. The second-order valence-electron chi connectivity index (χ2n) is 4.53. The van der Waals surface area contributed by atoms with Crippen molar-refractivity contribution in [3.05, 3.63) is 59.1 Å². The van der Waals surface area contributed by atoms with Gasteiger partial charge >= 0.3 is 0 Å². The van der Waals surface area contributed by atoms with E-state index in [0.717, 1.165) is 5.56 Å². The largest absolute Gasteiger partial charge is 0.316 e. The van der Waals surface area contributed by atoms with E-state index < -0.39 is 10.0 Å². The molecule has 1 unspecified atom stereocenters. The minimum Gasteiger partial charge on any atom is -0.316 e. The van der Waals surface area contributed by atoms with Gasteiger partial charge in [0.25, 0.3) is 10.0 Å². The number of halogens is 1. The van der Waals surface area contributed by atoms with E-state index in [2.05, 4.69) is 10.2 Å². The molecule has 7 heteroatoms. The number of nitrogens with one attached hydrogen (secondary N) is 2. The lowest BCUT2D eigenvalue weighted by molar-refractivity contribution is 0.133. The average molecular weight is 327 g/mol. The van der Waals surface area contributed by atoms with E-state index in [1.165, 1.54) is 12.1 Å². The third kappa shape index (κ3) is 3.95. The normalized spacial score (nSPS) is 12.9. The van der Waals surface area contributed by atoms with E-state index in [1.807, 2.05) is 0 Å². The molecular weight excluding hydrogens is 312 g/mol. The van der Waals surface area contributed by atoms with Gasteiger partial charge < -0.3 is 5.21 Å². The Hall–Kier alpha value is -1.60. The van der Waals surface area contributed by atoms with Crippen molar-refractivity contribution in [3.8, 4) is 0 Å². The first kappa shape index (κ1) is 15.8.